The van der Waals surface area contributed by atoms with E-state index in [0.29, 0.717) is 28.7 Å². The Labute approximate surface area is 168 Å². The molecular weight excluding hydrogens is 378 g/mol. The first-order valence-electron chi connectivity index (χ1n) is 8.46. The molecule has 0 radical (unpaired) electrons. The molecule has 1 atom stereocenters. The summed E-state index contributed by atoms with van der Waals surface area (Å²) in [5, 5.41) is 10.5. The topological polar surface area (TPSA) is 71.9 Å². The second kappa shape index (κ2) is 9.60. The number of nitriles is 1. The third-order valence-corrected chi connectivity index (χ3v) is 5.52. The standard InChI is InChI=1S/C20H19N3O2S2/c1-24-9-5-8-19(26)27-20-16(11-21)15(14-6-3-2-4-7-14)10-17(23-20)18-12-22-13-25-18/h2-4,6-7,10,12-13,19,26H,5,8-9H2,1H3. The predicted molar refractivity (Wildman–Crippen MR) is 110 cm³/mol. The highest BCUT2D eigenvalue weighted by molar-refractivity contribution is 8.10. The molecule has 3 rings (SSSR count). The fourth-order valence-corrected chi connectivity index (χ4v) is 4.07. The van der Waals surface area contributed by atoms with Gasteiger partial charge in [-0.15, -0.1) is 0 Å². The zero-order valence-electron chi connectivity index (χ0n) is 14.8. The average Bonchev–Trinajstić information content (AvgIpc) is 3.23. The Morgan fingerprint density at radius 2 is 2.15 bits per heavy atom. The number of thiol groups is 1. The number of ether oxygens (including phenoxy) is 1. The van der Waals surface area contributed by atoms with Crippen LogP contribution >= 0.6 is 24.4 Å². The lowest BCUT2D eigenvalue weighted by atomic mass is 10.0. The lowest BCUT2D eigenvalue weighted by Gasteiger charge is -2.14. The Kier molecular flexibility index (Phi) is 6.93. The van der Waals surface area contributed by atoms with Crippen molar-refractivity contribution in [3.05, 3.63) is 54.6 Å². The number of hydrogen-bond donors (Lipinski definition) is 1. The van der Waals surface area contributed by atoms with Gasteiger partial charge in [0, 0.05) is 19.3 Å². The van der Waals surface area contributed by atoms with E-state index in [2.05, 4.69) is 28.7 Å². The SMILES string of the molecule is COCCCC(S)Sc1nc(-c2cnco2)cc(-c2ccccc2)c1C#N. The molecule has 2 heterocycles. The van der Waals surface area contributed by atoms with Crippen molar-refractivity contribution in [3.8, 4) is 28.7 Å². The monoisotopic (exact) mass is 397 g/mol. The highest BCUT2D eigenvalue weighted by Crippen LogP contribution is 2.37. The maximum Gasteiger partial charge on any atom is 0.181 e. The predicted octanol–water partition coefficient (Wildman–Crippen LogP) is 5.05. The Bertz CT molecular complexity index is 909. The summed E-state index contributed by atoms with van der Waals surface area (Å²) < 4.78 is 10.5. The minimum atomic E-state index is 0.00773. The molecule has 0 aliphatic carbocycles. The summed E-state index contributed by atoms with van der Waals surface area (Å²) in [5.74, 6) is 0.564. The van der Waals surface area contributed by atoms with Gasteiger partial charge in [0.05, 0.1) is 16.3 Å². The Hall–Kier alpha value is -2.27. The maximum absolute atomic E-state index is 9.83. The van der Waals surface area contributed by atoms with E-state index in [1.165, 1.54) is 18.2 Å². The molecule has 0 aliphatic rings. The Morgan fingerprint density at radius 3 is 2.81 bits per heavy atom. The average molecular weight is 398 g/mol. The first kappa shape index (κ1) is 19.5. The number of oxazole rings is 1. The Morgan fingerprint density at radius 1 is 1.33 bits per heavy atom. The van der Waals surface area contributed by atoms with Crippen LogP contribution in [-0.4, -0.2) is 28.3 Å². The van der Waals surface area contributed by atoms with Crippen LogP contribution in [-0.2, 0) is 4.74 Å². The summed E-state index contributed by atoms with van der Waals surface area (Å²) in [6.45, 7) is 0.684. The van der Waals surface area contributed by atoms with Gasteiger partial charge < -0.3 is 9.15 Å². The van der Waals surface area contributed by atoms with Crippen LogP contribution in [0.5, 0.6) is 0 Å². The lowest BCUT2D eigenvalue weighted by molar-refractivity contribution is 0.194. The van der Waals surface area contributed by atoms with Crippen LogP contribution in [0.25, 0.3) is 22.6 Å². The molecule has 0 fully saturated rings. The fourth-order valence-electron chi connectivity index (χ4n) is 2.62. The van der Waals surface area contributed by atoms with Gasteiger partial charge in [-0.25, -0.2) is 9.97 Å². The largest absolute Gasteiger partial charge is 0.442 e. The maximum atomic E-state index is 9.83. The van der Waals surface area contributed by atoms with E-state index in [-0.39, 0.29) is 4.58 Å². The number of methoxy groups -OCH3 is 1. The third-order valence-electron chi connectivity index (χ3n) is 3.91. The second-order valence-electron chi connectivity index (χ2n) is 5.79. The van der Waals surface area contributed by atoms with Gasteiger partial charge in [0.15, 0.2) is 12.2 Å². The van der Waals surface area contributed by atoms with E-state index < -0.39 is 0 Å². The third kappa shape index (κ3) is 4.92. The van der Waals surface area contributed by atoms with E-state index >= 15 is 0 Å². The molecule has 0 spiro atoms. The fraction of sp³-hybridized carbons (Fsp3) is 0.250. The highest BCUT2D eigenvalue weighted by Gasteiger charge is 2.19. The van der Waals surface area contributed by atoms with Crippen molar-refractivity contribution in [3.63, 3.8) is 0 Å². The van der Waals surface area contributed by atoms with E-state index in [1.54, 1.807) is 13.3 Å². The van der Waals surface area contributed by atoms with Crippen LogP contribution in [0.4, 0.5) is 0 Å². The normalized spacial score (nSPS) is 11.9. The molecule has 27 heavy (non-hydrogen) atoms. The first-order valence-corrected chi connectivity index (χ1v) is 9.85. The van der Waals surface area contributed by atoms with E-state index in [4.69, 9.17) is 9.15 Å². The minimum absolute atomic E-state index is 0.00773. The van der Waals surface area contributed by atoms with Crippen molar-refractivity contribution < 1.29 is 9.15 Å². The summed E-state index contributed by atoms with van der Waals surface area (Å²) in [4.78, 5) is 8.64. The number of aromatic nitrogens is 2. The molecule has 138 valence electrons. The molecule has 5 nitrogen and oxygen atoms in total. The molecule has 1 unspecified atom stereocenters. The van der Waals surface area contributed by atoms with Gasteiger partial charge in [0.1, 0.15) is 16.8 Å². The van der Waals surface area contributed by atoms with Crippen molar-refractivity contribution in [1.82, 2.24) is 9.97 Å². The number of rotatable bonds is 8. The van der Waals surface area contributed by atoms with Crippen molar-refractivity contribution in [2.75, 3.05) is 13.7 Å². The summed E-state index contributed by atoms with van der Waals surface area (Å²) >= 11 is 6.13. The zero-order valence-corrected chi connectivity index (χ0v) is 16.5. The molecule has 1 aromatic carbocycles. The van der Waals surface area contributed by atoms with Gasteiger partial charge in [0.2, 0.25) is 0 Å². The molecule has 0 bridgehead atoms. The van der Waals surface area contributed by atoms with Crippen molar-refractivity contribution in [1.29, 1.82) is 5.26 Å². The molecule has 0 amide bonds. The first-order chi connectivity index (χ1) is 13.2. The number of nitrogens with zero attached hydrogens (tertiary/aromatic N) is 3. The van der Waals surface area contributed by atoms with Crippen LogP contribution in [0.1, 0.15) is 18.4 Å². The van der Waals surface area contributed by atoms with Crippen LogP contribution in [0.2, 0.25) is 0 Å². The molecule has 7 heteroatoms. The quantitative estimate of drug-likeness (QED) is 0.248. The van der Waals surface area contributed by atoms with Crippen molar-refractivity contribution >= 4 is 24.4 Å². The highest BCUT2D eigenvalue weighted by atomic mass is 32.2. The van der Waals surface area contributed by atoms with Crippen LogP contribution in [0.15, 0.2) is 58.4 Å². The van der Waals surface area contributed by atoms with Crippen molar-refractivity contribution in [2.24, 2.45) is 0 Å². The number of pyridine rings is 1. The van der Waals surface area contributed by atoms with E-state index in [9.17, 15) is 5.26 Å². The van der Waals surface area contributed by atoms with Gasteiger partial charge in [-0.3, -0.25) is 0 Å². The van der Waals surface area contributed by atoms with Crippen LogP contribution in [0, 0.1) is 11.3 Å². The summed E-state index contributed by atoms with van der Waals surface area (Å²) in [5.41, 5.74) is 2.96. The van der Waals surface area contributed by atoms with Gasteiger partial charge in [-0.2, -0.15) is 17.9 Å². The zero-order chi connectivity index (χ0) is 19.1. The minimum Gasteiger partial charge on any atom is -0.442 e. The van der Waals surface area contributed by atoms with Crippen molar-refractivity contribution in [2.45, 2.75) is 22.4 Å². The molecule has 0 saturated carbocycles. The second-order valence-corrected chi connectivity index (χ2v) is 7.95. The van der Waals surface area contributed by atoms with Gasteiger partial charge in [-0.05, 0) is 24.5 Å². The summed E-state index contributed by atoms with van der Waals surface area (Å²) in [7, 11) is 1.68. The molecule has 2 aromatic heterocycles. The summed E-state index contributed by atoms with van der Waals surface area (Å²) in [6.07, 6.45) is 4.74. The number of thioether (sulfide) groups is 1. The smallest absolute Gasteiger partial charge is 0.181 e. The Balaban J connectivity index is 2.03. The number of benzene rings is 1. The number of hydrogen-bond acceptors (Lipinski definition) is 7. The molecule has 3 aromatic rings. The molecule has 0 saturated heterocycles. The van der Waals surface area contributed by atoms with E-state index in [1.807, 2.05) is 36.4 Å². The molecule has 0 N–H and O–H groups in total. The van der Waals surface area contributed by atoms with Crippen LogP contribution < -0.4 is 0 Å². The van der Waals surface area contributed by atoms with Crippen LogP contribution in [0.3, 0.4) is 0 Å². The van der Waals surface area contributed by atoms with Gasteiger partial charge in [0.25, 0.3) is 0 Å². The van der Waals surface area contributed by atoms with Gasteiger partial charge >= 0.3 is 0 Å². The summed E-state index contributed by atoms with van der Waals surface area (Å²) in [6, 6.07) is 14.0. The molecular formula is C20H19N3O2S2. The van der Waals surface area contributed by atoms with E-state index in [0.717, 1.165) is 24.0 Å². The van der Waals surface area contributed by atoms with Gasteiger partial charge in [-0.1, -0.05) is 42.1 Å². The lowest BCUT2D eigenvalue weighted by Crippen LogP contribution is -2.01. The molecule has 0 aliphatic heterocycles.